The van der Waals surface area contributed by atoms with Crippen LogP contribution < -0.4 is 10.2 Å². The number of aromatic nitrogens is 1. The minimum absolute atomic E-state index is 0.293. The summed E-state index contributed by atoms with van der Waals surface area (Å²) in [6, 6.07) is 12.7. The van der Waals surface area contributed by atoms with Crippen molar-refractivity contribution in [3.05, 3.63) is 63.8 Å². The van der Waals surface area contributed by atoms with Gasteiger partial charge in [0, 0.05) is 35.9 Å². The first-order valence-electron chi connectivity index (χ1n) is 9.09. The SMILES string of the molecule is CCN(CCCl)c1ccc(NC(=O)c2c(-c3c(Cl)cccc3Cl)noc2C)cc1. The maximum Gasteiger partial charge on any atom is 0.261 e. The number of nitrogens with one attached hydrogen (secondary N) is 1. The van der Waals surface area contributed by atoms with E-state index in [1.165, 1.54) is 0 Å². The van der Waals surface area contributed by atoms with E-state index in [9.17, 15) is 4.79 Å². The Bertz CT molecular complexity index is 983. The van der Waals surface area contributed by atoms with Gasteiger partial charge in [0.1, 0.15) is 17.0 Å². The highest BCUT2D eigenvalue weighted by molar-refractivity contribution is 6.39. The average Bonchev–Trinajstić information content (AvgIpc) is 3.08. The molecule has 1 N–H and O–H groups in total. The Morgan fingerprint density at radius 3 is 2.38 bits per heavy atom. The van der Waals surface area contributed by atoms with Gasteiger partial charge in [-0.2, -0.15) is 0 Å². The molecule has 152 valence electrons. The third-order valence-corrected chi connectivity index (χ3v) is 5.31. The molecule has 0 saturated carbocycles. The number of amides is 1. The predicted molar refractivity (Wildman–Crippen MR) is 120 cm³/mol. The number of nitrogens with zero attached hydrogens (tertiary/aromatic N) is 2. The van der Waals surface area contributed by atoms with Crippen LogP contribution in [0.4, 0.5) is 11.4 Å². The van der Waals surface area contributed by atoms with Crippen molar-refractivity contribution >= 4 is 52.1 Å². The number of rotatable bonds is 7. The summed E-state index contributed by atoms with van der Waals surface area (Å²) in [6.45, 7) is 5.34. The lowest BCUT2D eigenvalue weighted by Gasteiger charge is -2.22. The van der Waals surface area contributed by atoms with Crippen LogP contribution in [0, 0.1) is 6.92 Å². The number of hydrogen-bond donors (Lipinski definition) is 1. The molecule has 0 bridgehead atoms. The summed E-state index contributed by atoms with van der Waals surface area (Å²) in [5, 5.41) is 7.68. The average molecular weight is 453 g/mol. The molecular weight excluding hydrogens is 433 g/mol. The van der Waals surface area contributed by atoms with Crippen LogP contribution in [0.5, 0.6) is 0 Å². The highest BCUT2D eigenvalue weighted by Crippen LogP contribution is 2.37. The van der Waals surface area contributed by atoms with Gasteiger partial charge >= 0.3 is 0 Å². The Labute approximate surface area is 184 Å². The molecule has 29 heavy (non-hydrogen) atoms. The first-order valence-corrected chi connectivity index (χ1v) is 10.4. The number of carbonyl (C=O) groups excluding carboxylic acids is 1. The highest BCUT2D eigenvalue weighted by Gasteiger charge is 2.25. The second kappa shape index (κ2) is 9.53. The molecule has 0 aliphatic carbocycles. The van der Waals surface area contributed by atoms with Crippen molar-refractivity contribution in [3.8, 4) is 11.3 Å². The number of carbonyl (C=O) groups is 1. The third kappa shape index (κ3) is 4.69. The van der Waals surface area contributed by atoms with Crippen molar-refractivity contribution in [2.45, 2.75) is 13.8 Å². The lowest BCUT2D eigenvalue weighted by molar-refractivity contribution is 0.102. The quantitative estimate of drug-likeness (QED) is 0.429. The van der Waals surface area contributed by atoms with Gasteiger partial charge in [0.25, 0.3) is 5.91 Å². The second-order valence-corrected chi connectivity index (χ2v) is 7.52. The van der Waals surface area contributed by atoms with Crippen molar-refractivity contribution in [2.24, 2.45) is 0 Å². The summed E-state index contributed by atoms with van der Waals surface area (Å²) < 4.78 is 5.26. The lowest BCUT2D eigenvalue weighted by Crippen LogP contribution is -2.24. The van der Waals surface area contributed by atoms with Crippen LogP contribution in [-0.4, -0.2) is 30.0 Å². The molecule has 0 aliphatic rings. The van der Waals surface area contributed by atoms with Gasteiger partial charge in [0.2, 0.25) is 0 Å². The molecule has 1 heterocycles. The standard InChI is InChI=1S/C21H20Cl3N3O2/c1-3-27(12-11-22)15-9-7-14(8-10-15)25-21(28)18-13(2)29-26-20(18)19-16(23)5-4-6-17(19)24/h4-10H,3,11-12H2,1-2H3,(H,25,28). The number of alkyl halides is 1. The van der Waals surface area contributed by atoms with E-state index < -0.39 is 0 Å². The summed E-state index contributed by atoms with van der Waals surface area (Å²) in [5.41, 5.74) is 2.76. The first-order chi connectivity index (χ1) is 14.0. The van der Waals surface area contributed by atoms with Crippen LogP contribution in [-0.2, 0) is 0 Å². The Morgan fingerprint density at radius 1 is 1.14 bits per heavy atom. The Morgan fingerprint density at radius 2 is 1.79 bits per heavy atom. The van der Waals surface area contributed by atoms with Crippen LogP contribution in [0.15, 0.2) is 47.0 Å². The smallest absolute Gasteiger partial charge is 0.261 e. The van der Waals surface area contributed by atoms with Gasteiger partial charge in [-0.25, -0.2) is 0 Å². The van der Waals surface area contributed by atoms with Gasteiger partial charge in [-0.1, -0.05) is 34.4 Å². The zero-order valence-corrected chi connectivity index (χ0v) is 18.3. The second-order valence-electron chi connectivity index (χ2n) is 6.33. The monoisotopic (exact) mass is 451 g/mol. The van der Waals surface area contributed by atoms with Crippen molar-refractivity contribution in [2.75, 3.05) is 29.2 Å². The number of aryl methyl sites for hydroxylation is 1. The Kier molecular flexibility index (Phi) is 7.06. The van der Waals surface area contributed by atoms with E-state index in [1.54, 1.807) is 25.1 Å². The van der Waals surface area contributed by atoms with E-state index in [0.717, 1.165) is 18.8 Å². The molecule has 0 saturated heterocycles. The summed E-state index contributed by atoms with van der Waals surface area (Å²) in [6.07, 6.45) is 0. The Hall–Kier alpha value is -2.21. The molecule has 1 amide bonds. The molecular formula is C21H20Cl3N3O2. The lowest BCUT2D eigenvalue weighted by atomic mass is 10.1. The minimum Gasteiger partial charge on any atom is -0.371 e. The minimum atomic E-state index is -0.351. The predicted octanol–water partition coefficient (Wildman–Crippen LogP) is 6.27. The van der Waals surface area contributed by atoms with Gasteiger partial charge in [-0.3, -0.25) is 4.79 Å². The topological polar surface area (TPSA) is 58.4 Å². The summed E-state index contributed by atoms with van der Waals surface area (Å²) in [5.74, 6) is 0.576. The number of anilines is 2. The summed E-state index contributed by atoms with van der Waals surface area (Å²) >= 11 is 18.4. The zero-order valence-electron chi connectivity index (χ0n) is 16.0. The summed E-state index contributed by atoms with van der Waals surface area (Å²) in [4.78, 5) is 15.1. The molecule has 0 unspecified atom stereocenters. The number of halogens is 3. The molecule has 3 rings (SSSR count). The Balaban J connectivity index is 1.86. The molecule has 0 aliphatic heterocycles. The molecule has 5 nitrogen and oxygen atoms in total. The van der Waals surface area contributed by atoms with Crippen LogP contribution >= 0.6 is 34.8 Å². The van der Waals surface area contributed by atoms with Crippen LogP contribution in [0.25, 0.3) is 11.3 Å². The van der Waals surface area contributed by atoms with Gasteiger partial charge in [0.05, 0.1) is 10.0 Å². The molecule has 3 aromatic rings. The largest absolute Gasteiger partial charge is 0.371 e. The maximum atomic E-state index is 13.0. The zero-order chi connectivity index (χ0) is 21.0. The summed E-state index contributed by atoms with van der Waals surface area (Å²) in [7, 11) is 0. The first kappa shape index (κ1) is 21.5. The van der Waals surface area contributed by atoms with Gasteiger partial charge in [0.15, 0.2) is 0 Å². The van der Waals surface area contributed by atoms with E-state index >= 15 is 0 Å². The molecule has 0 fully saturated rings. The normalized spacial score (nSPS) is 10.8. The van der Waals surface area contributed by atoms with Crippen molar-refractivity contribution in [1.82, 2.24) is 5.16 Å². The van der Waals surface area contributed by atoms with Crippen LogP contribution in [0.2, 0.25) is 10.0 Å². The maximum absolute atomic E-state index is 13.0. The van der Waals surface area contributed by atoms with Crippen molar-refractivity contribution in [3.63, 3.8) is 0 Å². The van der Waals surface area contributed by atoms with E-state index in [0.29, 0.717) is 44.2 Å². The van der Waals surface area contributed by atoms with Gasteiger partial charge in [-0.05, 0) is 50.2 Å². The van der Waals surface area contributed by atoms with Gasteiger partial charge < -0.3 is 14.7 Å². The van der Waals surface area contributed by atoms with E-state index in [-0.39, 0.29) is 5.91 Å². The van der Waals surface area contributed by atoms with Crippen LogP contribution in [0.3, 0.4) is 0 Å². The van der Waals surface area contributed by atoms with Crippen molar-refractivity contribution < 1.29 is 9.32 Å². The number of benzene rings is 2. The molecule has 0 radical (unpaired) electrons. The highest BCUT2D eigenvalue weighted by atomic mass is 35.5. The molecule has 8 heteroatoms. The molecule has 2 aromatic carbocycles. The molecule has 0 atom stereocenters. The van der Waals surface area contributed by atoms with E-state index in [4.69, 9.17) is 39.3 Å². The fraction of sp³-hybridized carbons (Fsp3) is 0.238. The number of hydrogen-bond acceptors (Lipinski definition) is 4. The van der Waals surface area contributed by atoms with Crippen LogP contribution in [0.1, 0.15) is 23.0 Å². The fourth-order valence-electron chi connectivity index (χ4n) is 3.06. The van der Waals surface area contributed by atoms with E-state index in [2.05, 4.69) is 22.3 Å². The fourth-order valence-corrected chi connectivity index (χ4v) is 3.84. The van der Waals surface area contributed by atoms with E-state index in [1.807, 2.05) is 24.3 Å². The van der Waals surface area contributed by atoms with Gasteiger partial charge in [-0.15, -0.1) is 11.6 Å². The molecule has 0 spiro atoms. The molecule has 1 aromatic heterocycles. The third-order valence-electron chi connectivity index (χ3n) is 4.52. The van der Waals surface area contributed by atoms with Crippen molar-refractivity contribution in [1.29, 1.82) is 0 Å².